The summed E-state index contributed by atoms with van der Waals surface area (Å²) in [6.07, 6.45) is 2.21. The van der Waals surface area contributed by atoms with Gasteiger partial charge in [0.15, 0.2) is 0 Å². The van der Waals surface area contributed by atoms with Gasteiger partial charge in [0.2, 0.25) is 5.91 Å². The summed E-state index contributed by atoms with van der Waals surface area (Å²) in [6, 6.07) is 22.5. The maximum absolute atomic E-state index is 12.6. The van der Waals surface area contributed by atoms with E-state index in [1.165, 1.54) is 5.56 Å². The number of amides is 1. The first-order chi connectivity index (χ1) is 21.0. The van der Waals surface area contributed by atoms with Gasteiger partial charge in [-0.2, -0.15) is 0 Å². The number of nitrogens with one attached hydrogen (secondary N) is 1. The van der Waals surface area contributed by atoms with Crippen LogP contribution in [0.4, 0.5) is 5.69 Å². The summed E-state index contributed by atoms with van der Waals surface area (Å²) in [5.41, 5.74) is 5.30. The second-order valence-corrected chi connectivity index (χ2v) is 10.9. The van der Waals surface area contributed by atoms with E-state index >= 15 is 0 Å². The summed E-state index contributed by atoms with van der Waals surface area (Å²) in [5, 5.41) is 3.48. The molecule has 4 rings (SSSR count). The molecule has 232 valence electrons. The number of nitrogens with zero attached hydrogens (tertiary/aromatic N) is 1. The highest BCUT2D eigenvalue weighted by Gasteiger charge is 2.27. The van der Waals surface area contributed by atoms with E-state index in [-0.39, 0.29) is 12.0 Å². The zero-order valence-electron chi connectivity index (χ0n) is 26.0. The summed E-state index contributed by atoms with van der Waals surface area (Å²) in [5.74, 6) is 2.03. The molecule has 8 nitrogen and oxygen atoms in total. The van der Waals surface area contributed by atoms with Crippen LogP contribution >= 0.6 is 0 Å². The van der Waals surface area contributed by atoms with Gasteiger partial charge in [0.1, 0.15) is 11.5 Å². The molecule has 3 aromatic carbocycles. The van der Waals surface area contributed by atoms with Crippen molar-refractivity contribution in [1.29, 1.82) is 0 Å². The third kappa shape index (κ3) is 9.53. The molecule has 1 N–H and O–H groups in total. The number of ether oxygens (including phenoxy) is 5. The zero-order valence-corrected chi connectivity index (χ0v) is 26.0. The van der Waals surface area contributed by atoms with E-state index in [1.807, 2.05) is 50.4 Å². The van der Waals surface area contributed by atoms with Gasteiger partial charge in [0.05, 0.1) is 52.7 Å². The fraction of sp³-hybridized carbons (Fsp3) is 0.457. The molecule has 1 heterocycles. The van der Waals surface area contributed by atoms with Gasteiger partial charge in [-0.3, -0.25) is 4.79 Å². The molecule has 0 aliphatic carbocycles. The number of carbonyl (C=O) groups excluding carboxylic acids is 1. The molecule has 0 radical (unpaired) electrons. The lowest BCUT2D eigenvalue weighted by Crippen LogP contribution is -2.41. The summed E-state index contributed by atoms with van der Waals surface area (Å²) in [4.78, 5) is 14.3. The van der Waals surface area contributed by atoms with Crippen molar-refractivity contribution in [3.63, 3.8) is 0 Å². The van der Waals surface area contributed by atoms with Gasteiger partial charge in [-0.05, 0) is 60.8 Å². The van der Waals surface area contributed by atoms with Crippen molar-refractivity contribution in [2.24, 2.45) is 0 Å². The summed E-state index contributed by atoms with van der Waals surface area (Å²) in [6.45, 7) is 6.40. The van der Waals surface area contributed by atoms with Crippen LogP contribution in [0, 0.1) is 6.92 Å². The Morgan fingerprint density at radius 1 is 0.977 bits per heavy atom. The predicted molar refractivity (Wildman–Crippen MR) is 169 cm³/mol. The van der Waals surface area contributed by atoms with Gasteiger partial charge < -0.3 is 33.9 Å². The maximum Gasteiger partial charge on any atom is 0.229 e. The lowest BCUT2D eigenvalue weighted by atomic mass is 9.87. The van der Waals surface area contributed by atoms with Gasteiger partial charge in [-0.15, -0.1) is 0 Å². The zero-order chi connectivity index (χ0) is 30.4. The number of anilines is 1. The van der Waals surface area contributed by atoms with E-state index in [0.29, 0.717) is 45.4 Å². The molecule has 1 fully saturated rings. The third-order valence-electron chi connectivity index (χ3n) is 7.88. The number of piperidine rings is 1. The average molecular weight is 591 g/mol. The second-order valence-electron chi connectivity index (χ2n) is 10.9. The van der Waals surface area contributed by atoms with Gasteiger partial charge >= 0.3 is 0 Å². The summed E-state index contributed by atoms with van der Waals surface area (Å²) in [7, 11) is 5.10. The first-order valence-corrected chi connectivity index (χ1v) is 15.1. The molecule has 1 aliphatic heterocycles. The second kappa shape index (κ2) is 17.0. The van der Waals surface area contributed by atoms with Crippen LogP contribution < -0.4 is 19.7 Å². The lowest BCUT2D eigenvalue weighted by Gasteiger charge is -2.32. The van der Waals surface area contributed by atoms with Gasteiger partial charge in [0, 0.05) is 44.3 Å². The van der Waals surface area contributed by atoms with Crippen molar-refractivity contribution in [1.82, 2.24) is 5.32 Å². The van der Waals surface area contributed by atoms with Crippen LogP contribution in [-0.4, -0.2) is 66.2 Å². The van der Waals surface area contributed by atoms with E-state index in [0.717, 1.165) is 59.8 Å². The molecule has 2 atom stereocenters. The molecule has 0 spiro atoms. The van der Waals surface area contributed by atoms with Crippen LogP contribution in [0.5, 0.6) is 11.5 Å². The SMILES string of the molecule is COCCC(=O)N(C)c1cc(CO[C@H]2CNCC[C@@H]2c2ccc(OCCCOCc3ccccc3OC)cc2)ccc1C. The summed E-state index contributed by atoms with van der Waals surface area (Å²) >= 11 is 0. The molecule has 1 aliphatic rings. The standard InChI is InChI=1S/C35H46N2O6/c1-26-10-11-27(22-32(26)37(2)35(38)17-21-39-3)24-43-34-23-36-18-16-31(34)28-12-14-30(15-13-28)42-20-7-19-41-25-29-8-5-6-9-33(29)40-4/h5-6,8-15,22,31,34,36H,7,16-21,23-25H2,1-4H3/t31-,34+/m1/s1. The van der Waals surface area contributed by atoms with Crippen LogP contribution in [0.25, 0.3) is 0 Å². The van der Waals surface area contributed by atoms with E-state index in [1.54, 1.807) is 19.1 Å². The number of rotatable bonds is 16. The monoisotopic (exact) mass is 590 g/mol. The highest BCUT2D eigenvalue weighted by molar-refractivity contribution is 5.93. The molecule has 0 aromatic heterocycles. The topological polar surface area (TPSA) is 78.5 Å². The first-order valence-electron chi connectivity index (χ1n) is 15.1. The molecule has 8 heteroatoms. The molecule has 0 bridgehead atoms. The Balaban J connectivity index is 1.25. The number of hydrogen-bond acceptors (Lipinski definition) is 7. The maximum atomic E-state index is 12.6. The normalized spacial score (nSPS) is 16.6. The first kappa shape index (κ1) is 32.5. The van der Waals surface area contributed by atoms with Crippen LogP contribution in [0.1, 0.15) is 47.4 Å². The minimum atomic E-state index is 0.0319. The van der Waals surface area contributed by atoms with Crippen molar-refractivity contribution in [2.75, 3.05) is 59.1 Å². The highest BCUT2D eigenvalue weighted by Crippen LogP contribution is 2.30. The molecule has 0 unspecified atom stereocenters. The predicted octanol–water partition coefficient (Wildman–Crippen LogP) is 5.65. The van der Waals surface area contributed by atoms with E-state index < -0.39 is 0 Å². The summed E-state index contributed by atoms with van der Waals surface area (Å²) < 4.78 is 28.7. The lowest BCUT2D eigenvalue weighted by molar-refractivity contribution is -0.119. The van der Waals surface area contributed by atoms with Crippen molar-refractivity contribution in [2.45, 2.75) is 51.4 Å². The molecular formula is C35H46N2O6. The molecule has 1 amide bonds. The van der Waals surface area contributed by atoms with Crippen molar-refractivity contribution in [3.05, 3.63) is 89.0 Å². The minimum Gasteiger partial charge on any atom is -0.496 e. The molecule has 0 saturated carbocycles. The number of aryl methyl sites for hydroxylation is 1. The molecule has 3 aromatic rings. The Morgan fingerprint density at radius 3 is 2.58 bits per heavy atom. The van der Waals surface area contributed by atoms with Crippen molar-refractivity contribution in [3.8, 4) is 11.5 Å². The Kier molecular flexibility index (Phi) is 12.9. The third-order valence-corrected chi connectivity index (χ3v) is 7.88. The fourth-order valence-corrected chi connectivity index (χ4v) is 5.35. The highest BCUT2D eigenvalue weighted by atomic mass is 16.5. The van der Waals surface area contributed by atoms with E-state index in [9.17, 15) is 4.79 Å². The Labute approximate surface area is 256 Å². The van der Waals surface area contributed by atoms with Crippen LogP contribution in [0.15, 0.2) is 66.7 Å². The van der Waals surface area contributed by atoms with Gasteiger partial charge in [-0.25, -0.2) is 0 Å². The Hall–Kier alpha value is -3.43. The average Bonchev–Trinajstić information content (AvgIpc) is 3.05. The quantitative estimate of drug-likeness (QED) is 0.216. The van der Waals surface area contributed by atoms with Crippen LogP contribution in [0.2, 0.25) is 0 Å². The number of methoxy groups -OCH3 is 2. The van der Waals surface area contributed by atoms with Gasteiger partial charge in [0.25, 0.3) is 0 Å². The van der Waals surface area contributed by atoms with E-state index in [4.69, 9.17) is 23.7 Å². The molecule has 1 saturated heterocycles. The largest absolute Gasteiger partial charge is 0.496 e. The minimum absolute atomic E-state index is 0.0319. The van der Waals surface area contributed by atoms with Crippen LogP contribution in [-0.2, 0) is 32.2 Å². The molecule has 43 heavy (non-hydrogen) atoms. The number of benzene rings is 3. The number of hydrogen-bond donors (Lipinski definition) is 1. The smallest absolute Gasteiger partial charge is 0.229 e. The van der Waals surface area contributed by atoms with Crippen molar-refractivity contribution < 1.29 is 28.5 Å². The van der Waals surface area contributed by atoms with Crippen molar-refractivity contribution >= 4 is 11.6 Å². The fourth-order valence-electron chi connectivity index (χ4n) is 5.35. The van der Waals surface area contributed by atoms with Crippen LogP contribution in [0.3, 0.4) is 0 Å². The number of para-hydroxylation sites is 1. The Bertz CT molecular complexity index is 1280. The van der Waals surface area contributed by atoms with E-state index in [2.05, 4.69) is 35.6 Å². The van der Waals surface area contributed by atoms with Gasteiger partial charge in [-0.1, -0.05) is 42.5 Å². The number of carbonyl (C=O) groups is 1. The Morgan fingerprint density at radius 2 is 1.79 bits per heavy atom. The molecular weight excluding hydrogens is 544 g/mol.